The molecule has 0 aromatic heterocycles. The van der Waals surface area contributed by atoms with Crippen molar-refractivity contribution >= 4 is 23.1 Å². The standard InChI is InChI=1S/C19H15F3N2O2/c1-2-9-24-18(25)16(11-3-5-12(20)6-4-11)17(19(24)26)23-13-7-8-14(21)15(22)10-13/h3-8,10,23H,2,9H2,1H3. The molecular formula is C19H15F3N2O2. The van der Waals surface area contributed by atoms with Crippen LogP contribution >= 0.6 is 0 Å². The molecule has 1 aliphatic rings. The summed E-state index contributed by atoms with van der Waals surface area (Å²) >= 11 is 0. The van der Waals surface area contributed by atoms with E-state index >= 15 is 0 Å². The zero-order chi connectivity index (χ0) is 18.8. The maximum atomic E-state index is 13.5. The Morgan fingerprint density at radius 3 is 2.23 bits per heavy atom. The smallest absolute Gasteiger partial charge is 0.278 e. The first-order valence-electron chi connectivity index (χ1n) is 8.01. The minimum atomic E-state index is -1.08. The van der Waals surface area contributed by atoms with E-state index in [0.717, 1.165) is 17.0 Å². The summed E-state index contributed by atoms with van der Waals surface area (Å²) in [6.45, 7) is 2.03. The molecular weight excluding hydrogens is 345 g/mol. The topological polar surface area (TPSA) is 49.4 Å². The van der Waals surface area contributed by atoms with Crippen LogP contribution in [0.1, 0.15) is 18.9 Å². The number of halogens is 3. The van der Waals surface area contributed by atoms with Crippen molar-refractivity contribution in [2.75, 3.05) is 11.9 Å². The van der Waals surface area contributed by atoms with Crippen LogP contribution in [-0.4, -0.2) is 23.3 Å². The average Bonchev–Trinajstić information content (AvgIpc) is 2.84. The van der Waals surface area contributed by atoms with Gasteiger partial charge in [-0.15, -0.1) is 0 Å². The van der Waals surface area contributed by atoms with Crippen LogP contribution in [0.25, 0.3) is 5.57 Å². The lowest BCUT2D eigenvalue weighted by Gasteiger charge is -2.13. The van der Waals surface area contributed by atoms with E-state index in [1.165, 1.54) is 30.3 Å². The van der Waals surface area contributed by atoms with Gasteiger partial charge in [0.1, 0.15) is 11.5 Å². The van der Waals surface area contributed by atoms with Crippen molar-refractivity contribution in [3.63, 3.8) is 0 Å². The van der Waals surface area contributed by atoms with Crippen molar-refractivity contribution in [2.24, 2.45) is 0 Å². The molecule has 26 heavy (non-hydrogen) atoms. The summed E-state index contributed by atoms with van der Waals surface area (Å²) in [6.07, 6.45) is 0.562. The number of imide groups is 1. The van der Waals surface area contributed by atoms with Gasteiger partial charge in [-0.3, -0.25) is 14.5 Å². The Balaban J connectivity index is 2.07. The second-order valence-corrected chi connectivity index (χ2v) is 5.77. The van der Waals surface area contributed by atoms with Gasteiger partial charge in [-0.25, -0.2) is 13.2 Å². The van der Waals surface area contributed by atoms with E-state index in [-0.39, 0.29) is 23.5 Å². The van der Waals surface area contributed by atoms with E-state index in [2.05, 4.69) is 5.32 Å². The molecule has 1 aliphatic heterocycles. The molecule has 0 saturated carbocycles. The van der Waals surface area contributed by atoms with Crippen molar-refractivity contribution < 1.29 is 22.8 Å². The highest BCUT2D eigenvalue weighted by atomic mass is 19.2. The van der Waals surface area contributed by atoms with Gasteiger partial charge in [-0.05, 0) is 36.2 Å². The maximum Gasteiger partial charge on any atom is 0.278 e. The normalized spacial score (nSPS) is 14.4. The van der Waals surface area contributed by atoms with Gasteiger partial charge >= 0.3 is 0 Å². The fraction of sp³-hybridized carbons (Fsp3) is 0.158. The molecule has 7 heteroatoms. The molecule has 0 radical (unpaired) electrons. The largest absolute Gasteiger partial charge is 0.350 e. The van der Waals surface area contributed by atoms with E-state index in [4.69, 9.17) is 0 Å². The Morgan fingerprint density at radius 1 is 0.923 bits per heavy atom. The van der Waals surface area contributed by atoms with Crippen LogP contribution < -0.4 is 5.32 Å². The summed E-state index contributed by atoms with van der Waals surface area (Å²) in [5.74, 6) is -3.67. The van der Waals surface area contributed by atoms with E-state index in [0.29, 0.717) is 12.0 Å². The van der Waals surface area contributed by atoms with Gasteiger partial charge in [-0.1, -0.05) is 19.1 Å². The minimum Gasteiger partial charge on any atom is -0.350 e. The molecule has 1 heterocycles. The predicted molar refractivity (Wildman–Crippen MR) is 90.3 cm³/mol. The Kier molecular flexibility index (Phi) is 4.79. The van der Waals surface area contributed by atoms with Gasteiger partial charge in [-0.2, -0.15) is 0 Å². The molecule has 3 rings (SSSR count). The SMILES string of the molecule is CCCN1C(=O)C(Nc2ccc(F)c(F)c2)=C(c2ccc(F)cc2)C1=O. The van der Waals surface area contributed by atoms with E-state index in [1.54, 1.807) is 0 Å². The molecule has 0 fully saturated rings. The van der Waals surface area contributed by atoms with Crippen LogP contribution in [0.15, 0.2) is 48.2 Å². The first-order valence-corrected chi connectivity index (χ1v) is 8.01. The molecule has 0 atom stereocenters. The quantitative estimate of drug-likeness (QED) is 0.827. The second-order valence-electron chi connectivity index (χ2n) is 5.77. The summed E-state index contributed by atoms with van der Waals surface area (Å²) in [7, 11) is 0. The fourth-order valence-electron chi connectivity index (χ4n) is 2.72. The fourth-order valence-corrected chi connectivity index (χ4v) is 2.72. The first kappa shape index (κ1) is 17.7. The zero-order valence-corrected chi connectivity index (χ0v) is 13.9. The molecule has 1 N–H and O–H groups in total. The minimum absolute atomic E-state index is 0.0546. The zero-order valence-electron chi connectivity index (χ0n) is 13.9. The number of amides is 2. The van der Waals surface area contributed by atoms with Crippen LogP contribution in [0.2, 0.25) is 0 Å². The van der Waals surface area contributed by atoms with Gasteiger partial charge < -0.3 is 5.32 Å². The van der Waals surface area contributed by atoms with E-state index in [1.807, 2.05) is 6.92 Å². The van der Waals surface area contributed by atoms with Crippen molar-refractivity contribution in [3.8, 4) is 0 Å². The highest BCUT2D eigenvalue weighted by Crippen LogP contribution is 2.31. The molecule has 0 bridgehead atoms. The van der Waals surface area contributed by atoms with Crippen molar-refractivity contribution in [2.45, 2.75) is 13.3 Å². The number of anilines is 1. The Bertz CT molecular complexity index is 908. The lowest BCUT2D eigenvalue weighted by molar-refractivity contribution is -0.136. The van der Waals surface area contributed by atoms with Gasteiger partial charge in [0.05, 0.1) is 5.57 Å². The number of nitrogens with one attached hydrogen (secondary N) is 1. The van der Waals surface area contributed by atoms with Crippen LogP contribution in [-0.2, 0) is 9.59 Å². The highest BCUT2D eigenvalue weighted by Gasteiger charge is 2.38. The molecule has 0 saturated heterocycles. The number of nitrogens with zero attached hydrogens (tertiary/aromatic N) is 1. The number of benzene rings is 2. The van der Waals surface area contributed by atoms with Gasteiger partial charge in [0.25, 0.3) is 11.8 Å². The average molecular weight is 360 g/mol. The molecule has 4 nitrogen and oxygen atoms in total. The molecule has 2 aromatic carbocycles. The molecule has 2 aromatic rings. The summed E-state index contributed by atoms with van der Waals surface area (Å²) in [5.41, 5.74) is 0.487. The van der Waals surface area contributed by atoms with Gasteiger partial charge in [0.15, 0.2) is 11.6 Å². The van der Waals surface area contributed by atoms with Crippen molar-refractivity contribution in [3.05, 3.63) is 71.2 Å². The first-order chi connectivity index (χ1) is 12.4. The predicted octanol–water partition coefficient (Wildman–Crippen LogP) is 3.71. The molecule has 134 valence electrons. The Hall–Kier alpha value is -3.09. The van der Waals surface area contributed by atoms with Crippen LogP contribution in [0.4, 0.5) is 18.9 Å². The Labute approximate surface area is 147 Å². The molecule has 0 spiro atoms. The highest BCUT2D eigenvalue weighted by molar-refractivity contribution is 6.36. The third-order valence-electron chi connectivity index (χ3n) is 3.94. The van der Waals surface area contributed by atoms with E-state index in [9.17, 15) is 22.8 Å². The monoisotopic (exact) mass is 360 g/mol. The third kappa shape index (κ3) is 3.20. The molecule has 0 unspecified atom stereocenters. The lowest BCUT2D eigenvalue weighted by Crippen LogP contribution is -2.33. The number of carbonyl (C=O) groups excluding carboxylic acids is 2. The molecule has 2 amide bonds. The lowest BCUT2D eigenvalue weighted by atomic mass is 10.0. The number of hydrogen-bond donors (Lipinski definition) is 1. The molecule has 0 aliphatic carbocycles. The van der Waals surface area contributed by atoms with Crippen molar-refractivity contribution in [1.82, 2.24) is 4.90 Å². The van der Waals surface area contributed by atoms with Crippen LogP contribution in [0.5, 0.6) is 0 Å². The maximum absolute atomic E-state index is 13.5. The van der Waals surface area contributed by atoms with Gasteiger partial charge in [0.2, 0.25) is 0 Å². The number of carbonyl (C=O) groups is 2. The number of hydrogen-bond acceptors (Lipinski definition) is 3. The van der Waals surface area contributed by atoms with Crippen LogP contribution in [0, 0.1) is 17.5 Å². The third-order valence-corrected chi connectivity index (χ3v) is 3.94. The Morgan fingerprint density at radius 2 is 1.62 bits per heavy atom. The summed E-state index contributed by atoms with van der Waals surface area (Å²) in [6, 6.07) is 8.20. The van der Waals surface area contributed by atoms with Crippen molar-refractivity contribution in [1.29, 1.82) is 0 Å². The summed E-state index contributed by atoms with van der Waals surface area (Å²) in [5, 5.41) is 2.71. The second kappa shape index (κ2) is 7.03. The summed E-state index contributed by atoms with van der Waals surface area (Å²) < 4.78 is 39.8. The van der Waals surface area contributed by atoms with E-state index < -0.39 is 29.3 Å². The van der Waals surface area contributed by atoms with Gasteiger partial charge in [0, 0.05) is 18.3 Å². The number of rotatable bonds is 5. The summed E-state index contributed by atoms with van der Waals surface area (Å²) in [4.78, 5) is 26.4. The van der Waals surface area contributed by atoms with Crippen LogP contribution in [0.3, 0.4) is 0 Å².